The van der Waals surface area contributed by atoms with Crippen molar-refractivity contribution in [3.8, 4) is 0 Å². The lowest BCUT2D eigenvalue weighted by atomic mass is 10.2. The van der Waals surface area contributed by atoms with Crippen LogP contribution in [-0.2, 0) is 8.85 Å². The average Bonchev–Trinajstić information content (AvgIpc) is 2.62. The third-order valence-corrected chi connectivity index (χ3v) is 7.50. The Kier molecular flexibility index (Phi) is 8.72. The van der Waals surface area contributed by atoms with Crippen molar-refractivity contribution in [1.29, 1.82) is 0 Å². The Hall–Kier alpha value is -1.94. The molecule has 0 aromatic heterocycles. The largest absolute Gasteiger partial charge is 0.391 e. The molecule has 0 unspecified atom stereocenters. The van der Waals surface area contributed by atoms with E-state index in [9.17, 15) is 0 Å². The van der Waals surface area contributed by atoms with Crippen LogP contribution in [0.25, 0.3) is 12.2 Å². The monoisotopic (exact) mass is 380 g/mol. The first kappa shape index (κ1) is 21.4. The molecule has 2 rings (SSSR count). The third kappa shape index (κ3) is 8.08. The second kappa shape index (κ2) is 11.0. The molecule has 27 heavy (non-hydrogen) atoms. The van der Waals surface area contributed by atoms with Gasteiger partial charge in [-0.25, -0.2) is 0 Å². The smallest absolute Gasteiger partial charge is 0.346 e. The van der Waals surface area contributed by atoms with Crippen LogP contribution in [0.1, 0.15) is 38.8 Å². The Morgan fingerprint density at radius 2 is 1.04 bits per heavy atom. The summed E-state index contributed by atoms with van der Waals surface area (Å²) in [7, 11) is -2.40. The van der Waals surface area contributed by atoms with Gasteiger partial charge in [0, 0.05) is 24.3 Å². The molecular weight excluding hydrogens is 348 g/mol. The van der Waals surface area contributed by atoms with Crippen LogP contribution < -0.4 is 0 Å². The zero-order chi connectivity index (χ0) is 19.5. The molecule has 0 aliphatic rings. The summed E-state index contributed by atoms with van der Waals surface area (Å²) in [6.07, 6.45) is 9.04. The molecule has 2 nitrogen and oxygen atoms in total. The molecule has 0 fully saturated rings. The summed E-state index contributed by atoms with van der Waals surface area (Å²) >= 11 is 0. The molecular formula is C24H32O2Si. The third-order valence-electron chi connectivity index (χ3n) is 3.98. The van der Waals surface area contributed by atoms with Crippen molar-refractivity contribution >= 4 is 20.7 Å². The highest BCUT2D eigenvalue weighted by atomic mass is 28.4. The fourth-order valence-electron chi connectivity index (χ4n) is 3.04. The lowest BCUT2D eigenvalue weighted by Crippen LogP contribution is -2.45. The van der Waals surface area contributed by atoms with Crippen molar-refractivity contribution < 1.29 is 8.85 Å². The topological polar surface area (TPSA) is 18.5 Å². The standard InChI is InChI=1S/C24H32O2Si/c1-21(2)25-27(26-22(3)4,19-11-17-23-13-7-5-8-14-23)20-12-18-24-15-9-6-10-16-24/h5-18,21-22H,19-20H2,1-4H3. The molecule has 0 bridgehead atoms. The molecule has 0 radical (unpaired) electrons. The maximum Gasteiger partial charge on any atom is 0.346 e. The number of rotatable bonds is 10. The SMILES string of the molecule is CC(C)O[Si](CC=Cc1ccccc1)(CC=Cc1ccccc1)OC(C)C. The Morgan fingerprint density at radius 1 is 0.667 bits per heavy atom. The van der Waals surface area contributed by atoms with Gasteiger partial charge in [-0.3, -0.25) is 0 Å². The first-order valence-electron chi connectivity index (χ1n) is 9.78. The van der Waals surface area contributed by atoms with E-state index in [4.69, 9.17) is 8.85 Å². The molecule has 2 aromatic carbocycles. The van der Waals surface area contributed by atoms with Gasteiger partial charge in [-0.1, -0.05) is 85.0 Å². The van der Waals surface area contributed by atoms with E-state index in [1.165, 1.54) is 11.1 Å². The van der Waals surface area contributed by atoms with Gasteiger partial charge in [0.15, 0.2) is 0 Å². The van der Waals surface area contributed by atoms with Gasteiger partial charge in [0.2, 0.25) is 0 Å². The Morgan fingerprint density at radius 3 is 1.37 bits per heavy atom. The van der Waals surface area contributed by atoms with Gasteiger partial charge in [0.25, 0.3) is 0 Å². The fraction of sp³-hybridized carbons (Fsp3) is 0.333. The van der Waals surface area contributed by atoms with Crippen LogP contribution in [0.4, 0.5) is 0 Å². The normalized spacial score (nSPS) is 12.7. The second-order valence-corrected chi connectivity index (χ2v) is 10.4. The summed E-state index contributed by atoms with van der Waals surface area (Å²) in [4.78, 5) is 0. The van der Waals surface area contributed by atoms with Crippen molar-refractivity contribution in [3.63, 3.8) is 0 Å². The van der Waals surface area contributed by atoms with Gasteiger partial charge >= 0.3 is 8.56 Å². The number of allylic oxidation sites excluding steroid dienone is 2. The van der Waals surface area contributed by atoms with Gasteiger partial charge in [0.1, 0.15) is 0 Å². The number of benzene rings is 2. The Labute approximate surface area is 165 Å². The molecule has 0 aliphatic carbocycles. The van der Waals surface area contributed by atoms with Crippen molar-refractivity contribution in [2.75, 3.05) is 0 Å². The highest BCUT2D eigenvalue weighted by molar-refractivity contribution is 6.68. The molecule has 0 amide bonds. The number of hydrogen-bond acceptors (Lipinski definition) is 2. The van der Waals surface area contributed by atoms with Crippen LogP contribution in [0.2, 0.25) is 12.1 Å². The first-order chi connectivity index (χ1) is 13.0. The molecule has 2 aromatic rings. The molecule has 144 valence electrons. The van der Waals surface area contributed by atoms with Crippen molar-refractivity contribution in [2.45, 2.75) is 52.0 Å². The Balaban J connectivity index is 2.16. The highest BCUT2D eigenvalue weighted by Gasteiger charge is 2.37. The zero-order valence-electron chi connectivity index (χ0n) is 17.0. The predicted molar refractivity (Wildman–Crippen MR) is 119 cm³/mol. The summed E-state index contributed by atoms with van der Waals surface area (Å²) < 4.78 is 12.9. The van der Waals surface area contributed by atoms with E-state index in [1.807, 2.05) is 12.1 Å². The summed E-state index contributed by atoms with van der Waals surface area (Å²) in [6.45, 7) is 8.36. The van der Waals surface area contributed by atoms with Gasteiger partial charge < -0.3 is 8.85 Å². The van der Waals surface area contributed by atoms with Crippen LogP contribution in [0.5, 0.6) is 0 Å². The van der Waals surface area contributed by atoms with E-state index in [2.05, 4.69) is 101 Å². The summed E-state index contributed by atoms with van der Waals surface area (Å²) in [5, 5.41) is 0. The quantitative estimate of drug-likeness (QED) is 0.427. The van der Waals surface area contributed by atoms with E-state index in [1.54, 1.807) is 0 Å². The van der Waals surface area contributed by atoms with Gasteiger partial charge in [-0.15, -0.1) is 0 Å². The van der Waals surface area contributed by atoms with E-state index in [-0.39, 0.29) is 12.2 Å². The lowest BCUT2D eigenvalue weighted by Gasteiger charge is -2.33. The second-order valence-electron chi connectivity index (χ2n) is 7.28. The van der Waals surface area contributed by atoms with Crippen molar-refractivity contribution in [2.24, 2.45) is 0 Å². The van der Waals surface area contributed by atoms with E-state index >= 15 is 0 Å². The van der Waals surface area contributed by atoms with Gasteiger partial charge in [-0.05, 0) is 38.8 Å². The van der Waals surface area contributed by atoms with E-state index in [0.717, 1.165) is 12.1 Å². The molecule has 0 aliphatic heterocycles. The van der Waals surface area contributed by atoms with Crippen molar-refractivity contribution in [1.82, 2.24) is 0 Å². The molecule has 0 spiro atoms. The molecule has 3 heteroatoms. The summed E-state index contributed by atoms with van der Waals surface area (Å²) in [6, 6.07) is 22.4. The summed E-state index contributed by atoms with van der Waals surface area (Å²) in [5.41, 5.74) is 2.41. The van der Waals surface area contributed by atoms with Crippen LogP contribution in [-0.4, -0.2) is 20.8 Å². The van der Waals surface area contributed by atoms with Crippen LogP contribution >= 0.6 is 0 Å². The van der Waals surface area contributed by atoms with Crippen LogP contribution in [0.15, 0.2) is 72.8 Å². The molecule has 0 saturated heterocycles. The average molecular weight is 381 g/mol. The fourth-order valence-corrected chi connectivity index (χ4v) is 6.32. The molecule has 0 saturated carbocycles. The minimum atomic E-state index is -2.40. The highest BCUT2D eigenvalue weighted by Crippen LogP contribution is 2.25. The minimum absolute atomic E-state index is 0.144. The number of hydrogen-bond donors (Lipinski definition) is 0. The molecule has 0 heterocycles. The molecule has 0 atom stereocenters. The first-order valence-corrected chi connectivity index (χ1v) is 12.0. The van der Waals surface area contributed by atoms with Crippen molar-refractivity contribution in [3.05, 3.63) is 83.9 Å². The predicted octanol–water partition coefficient (Wildman–Crippen LogP) is 6.71. The lowest BCUT2D eigenvalue weighted by molar-refractivity contribution is 0.109. The van der Waals surface area contributed by atoms with E-state index < -0.39 is 8.56 Å². The van der Waals surface area contributed by atoms with Gasteiger partial charge in [0.05, 0.1) is 0 Å². The summed E-state index contributed by atoms with van der Waals surface area (Å²) in [5.74, 6) is 0. The van der Waals surface area contributed by atoms with Gasteiger partial charge in [-0.2, -0.15) is 0 Å². The van der Waals surface area contributed by atoms with Crippen LogP contribution in [0, 0.1) is 0 Å². The Bertz CT molecular complexity index is 642. The maximum absolute atomic E-state index is 6.44. The van der Waals surface area contributed by atoms with Crippen LogP contribution in [0.3, 0.4) is 0 Å². The molecule has 0 N–H and O–H groups in total. The van der Waals surface area contributed by atoms with E-state index in [0.29, 0.717) is 0 Å². The minimum Gasteiger partial charge on any atom is -0.391 e. The zero-order valence-corrected chi connectivity index (χ0v) is 18.0. The maximum atomic E-state index is 6.44.